The van der Waals surface area contributed by atoms with Gasteiger partial charge in [-0.15, -0.1) is 5.11 Å². The van der Waals surface area contributed by atoms with Gasteiger partial charge in [-0.2, -0.15) is 5.11 Å². The zero-order chi connectivity index (χ0) is 22.1. The summed E-state index contributed by atoms with van der Waals surface area (Å²) in [5.41, 5.74) is 6.31. The van der Waals surface area contributed by atoms with Crippen LogP contribution in [0.4, 0.5) is 23.1 Å². The Kier molecular flexibility index (Phi) is 5.75. The van der Waals surface area contributed by atoms with Crippen molar-refractivity contribution in [1.82, 2.24) is 19.1 Å². The predicted octanol–water partition coefficient (Wildman–Crippen LogP) is 2.35. The lowest BCUT2D eigenvalue weighted by Gasteiger charge is -2.09. The van der Waals surface area contributed by atoms with Gasteiger partial charge in [0.15, 0.2) is 10.5 Å². The summed E-state index contributed by atoms with van der Waals surface area (Å²) in [6, 6.07) is 7.23. The highest BCUT2D eigenvalue weighted by Crippen LogP contribution is 2.22. The first-order chi connectivity index (χ1) is 14.1. The molecule has 2 heterocycles. The maximum atomic E-state index is 12.5. The molecule has 0 radical (unpaired) electrons. The van der Waals surface area contributed by atoms with Gasteiger partial charge in [-0.1, -0.05) is 0 Å². The highest BCUT2D eigenvalue weighted by atomic mass is 32.2. The number of hydrogen-bond acceptors (Lipinski definition) is 9. The molecule has 0 aliphatic rings. The number of azo groups is 1. The highest BCUT2D eigenvalue weighted by Gasteiger charge is 2.16. The van der Waals surface area contributed by atoms with Crippen LogP contribution >= 0.6 is 12.2 Å². The molecule has 0 saturated heterocycles. The van der Waals surface area contributed by atoms with E-state index in [1.807, 2.05) is 0 Å². The van der Waals surface area contributed by atoms with Crippen molar-refractivity contribution in [2.24, 2.45) is 24.3 Å². The lowest BCUT2D eigenvalue weighted by Crippen LogP contribution is -2.23. The van der Waals surface area contributed by atoms with E-state index in [0.29, 0.717) is 11.4 Å². The van der Waals surface area contributed by atoms with E-state index in [1.54, 1.807) is 20.0 Å². The van der Waals surface area contributed by atoms with Gasteiger partial charge < -0.3 is 10.3 Å². The summed E-state index contributed by atoms with van der Waals surface area (Å²) in [6.45, 7) is 1.72. The largest absolute Gasteiger partial charge is 0.383 e. The summed E-state index contributed by atoms with van der Waals surface area (Å²) in [5.74, 6) is 0.0524. The Morgan fingerprint density at radius 3 is 2.40 bits per heavy atom. The van der Waals surface area contributed by atoms with E-state index >= 15 is 0 Å². The van der Waals surface area contributed by atoms with Crippen molar-refractivity contribution in [3.8, 4) is 0 Å². The first kappa shape index (κ1) is 21.3. The van der Waals surface area contributed by atoms with E-state index in [0.717, 1.165) is 0 Å². The van der Waals surface area contributed by atoms with Crippen LogP contribution < -0.4 is 16.0 Å². The van der Waals surface area contributed by atoms with Crippen molar-refractivity contribution < 1.29 is 8.42 Å². The third-order valence-corrected chi connectivity index (χ3v) is 6.01. The van der Waals surface area contributed by atoms with Crippen molar-refractivity contribution >= 4 is 45.4 Å². The average Bonchev–Trinajstić information content (AvgIpc) is 2.71. The zero-order valence-corrected chi connectivity index (χ0v) is 17.9. The Morgan fingerprint density at radius 1 is 1.10 bits per heavy atom. The summed E-state index contributed by atoms with van der Waals surface area (Å²) in [5, 5.41) is 7.90. The molecule has 0 fully saturated rings. The van der Waals surface area contributed by atoms with E-state index in [9.17, 15) is 13.2 Å². The number of anilines is 2. The number of nitrogens with zero attached hydrogens (tertiary/aromatic N) is 6. The molecule has 3 rings (SSSR count). The van der Waals surface area contributed by atoms with E-state index in [4.69, 9.17) is 18.0 Å². The Hall–Kier alpha value is -3.45. The first-order valence-electron chi connectivity index (χ1n) is 8.50. The minimum absolute atomic E-state index is 0.0103. The third kappa shape index (κ3) is 4.26. The predicted molar refractivity (Wildman–Crippen MR) is 114 cm³/mol. The van der Waals surface area contributed by atoms with Gasteiger partial charge in [0.25, 0.3) is 15.6 Å². The maximum absolute atomic E-state index is 12.5. The zero-order valence-electron chi connectivity index (χ0n) is 16.3. The fourth-order valence-corrected chi connectivity index (χ4v) is 3.55. The van der Waals surface area contributed by atoms with E-state index in [2.05, 4.69) is 24.9 Å². The van der Waals surface area contributed by atoms with Gasteiger partial charge in [-0.3, -0.25) is 9.36 Å². The second-order valence-electron chi connectivity index (χ2n) is 6.26. The Bertz CT molecular complexity index is 1360. The number of nitrogens with one attached hydrogen (secondary N) is 1. The Labute approximate surface area is 177 Å². The van der Waals surface area contributed by atoms with Crippen LogP contribution in [0.5, 0.6) is 0 Å². The van der Waals surface area contributed by atoms with Gasteiger partial charge in [-0.25, -0.2) is 23.1 Å². The van der Waals surface area contributed by atoms with Gasteiger partial charge in [0.05, 0.1) is 10.6 Å². The maximum Gasteiger partial charge on any atom is 0.284 e. The van der Waals surface area contributed by atoms with Gasteiger partial charge in [0.1, 0.15) is 5.82 Å². The molecule has 0 atom stereocenters. The van der Waals surface area contributed by atoms with E-state index in [1.165, 1.54) is 46.6 Å². The van der Waals surface area contributed by atoms with Crippen molar-refractivity contribution in [2.45, 2.75) is 11.8 Å². The summed E-state index contributed by atoms with van der Waals surface area (Å²) < 4.78 is 30.2. The molecule has 0 amide bonds. The number of aromatic nitrogens is 4. The number of aryl methyl sites for hydroxylation is 1. The normalized spacial score (nSPS) is 11.7. The smallest absolute Gasteiger partial charge is 0.284 e. The minimum atomic E-state index is -3.88. The van der Waals surface area contributed by atoms with Crippen molar-refractivity contribution in [3.05, 3.63) is 57.3 Å². The summed E-state index contributed by atoms with van der Waals surface area (Å²) in [7, 11) is -0.759. The average molecular weight is 447 g/mol. The van der Waals surface area contributed by atoms with Crippen LogP contribution in [0, 0.1) is 11.7 Å². The molecule has 0 saturated carbocycles. The number of sulfonamides is 1. The van der Waals surface area contributed by atoms with Crippen LogP contribution in [0.1, 0.15) is 5.69 Å². The summed E-state index contributed by atoms with van der Waals surface area (Å²) in [4.78, 5) is 20.2. The van der Waals surface area contributed by atoms with Crippen molar-refractivity contribution in [2.75, 3.05) is 10.5 Å². The van der Waals surface area contributed by atoms with Crippen LogP contribution in [-0.4, -0.2) is 27.5 Å². The molecular formula is C17H18N8O3S2. The number of nitrogen functional groups attached to an aromatic ring is 1. The van der Waals surface area contributed by atoms with E-state index in [-0.39, 0.29) is 27.1 Å². The van der Waals surface area contributed by atoms with E-state index < -0.39 is 15.6 Å². The molecule has 11 nitrogen and oxygen atoms in total. The molecule has 2 aromatic heterocycles. The monoisotopic (exact) mass is 446 g/mol. The fraction of sp³-hybridized carbons (Fsp3) is 0.176. The molecular weight excluding hydrogens is 428 g/mol. The van der Waals surface area contributed by atoms with Gasteiger partial charge in [-0.05, 0) is 49.5 Å². The standard InChI is InChI=1S/C17H18N8O3S2/c1-10-8-9-19-16(20-10)23-30(27,28)12-6-4-11(5-7-12)21-22-13-14(18)24(2)17(29)25(3)15(13)26/h4-9H,18H2,1-3H3,(H,19,20,23). The number of benzene rings is 1. The van der Waals surface area contributed by atoms with Gasteiger partial charge in [0.2, 0.25) is 5.95 Å². The third-order valence-electron chi connectivity index (χ3n) is 4.12. The fourth-order valence-electron chi connectivity index (χ4n) is 2.41. The van der Waals surface area contributed by atoms with Gasteiger partial charge in [0, 0.05) is 26.0 Å². The second kappa shape index (κ2) is 8.12. The van der Waals surface area contributed by atoms with Crippen molar-refractivity contribution in [3.63, 3.8) is 0 Å². The molecule has 1 aromatic carbocycles. The molecule has 0 spiro atoms. The lowest BCUT2D eigenvalue weighted by molar-refractivity contribution is 0.601. The van der Waals surface area contributed by atoms with Crippen LogP contribution in [0.2, 0.25) is 0 Å². The van der Waals surface area contributed by atoms with Gasteiger partial charge >= 0.3 is 0 Å². The second-order valence-corrected chi connectivity index (χ2v) is 8.31. The van der Waals surface area contributed by atoms with Crippen LogP contribution in [0.3, 0.4) is 0 Å². The number of rotatable bonds is 5. The summed E-state index contributed by atoms with van der Waals surface area (Å²) >= 11 is 5.11. The topological polar surface area (TPSA) is 150 Å². The number of hydrogen-bond donors (Lipinski definition) is 2. The number of nitrogens with two attached hydrogens (primary N) is 1. The molecule has 156 valence electrons. The van der Waals surface area contributed by atoms with Crippen LogP contribution in [0.15, 0.2) is 56.4 Å². The lowest BCUT2D eigenvalue weighted by atomic mass is 10.3. The SMILES string of the molecule is Cc1ccnc(NS(=O)(=O)c2ccc(N=Nc3c(N)n(C)c(=S)n(C)c3=O)cc2)n1. The molecule has 0 unspecified atom stereocenters. The quantitative estimate of drug-likeness (QED) is 0.451. The molecule has 3 aromatic rings. The molecule has 0 aliphatic heterocycles. The first-order valence-corrected chi connectivity index (χ1v) is 10.4. The van der Waals surface area contributed by atoms with Crippen LogP contribution in [0.25, 0.3) is 0 Å². The molecule has 30 heavy (non-hydrogen) atoms. The van der Waals surface area contributed by atoms with Crippen molar-refractivity contribution in [1.29, 1.82) is 0 Å². The molecule has 3 N–H and O–H groups in total. The summed E-state index contributed by atoms with van der Waals surface area (Å²) in [6.07, 6.45) is 1.46. The molecule has 0 bridgehead atoms. The van der Waals surface area contributed by atoms with Crippen LogP contribution in [-0.2, 0) is 24.1 Å². The molecule has 0 aliphatic carbocycles. The Balaban J connectivity index is 1.86. The molecule has 13 heteroatoms. The minimum Gasteiger partial charge on any atom is -0.383 e. The Morgan fingerprint density at radius 2 is 1.77 bits per heavy atom. The highest BCUT2D eigenvalue weighted by molar-refractivity contribution is 7.92.